The Morgan fingerprint density at radius 3 is 2.67 bits per heavy atom. The molecule has 1 aromatic rings. The van der Waals surface area contributed by atoms with Crippen LogP contribution in [-0.4, -0.2) is 35.7 Å². The molecule has 0 spiro atoms. The van der Waals surface area contributed by atoms with Crippen molar-refractivity contribution < 1.29 is 5.11 Å². The van der Waals surface area contributed by atoms with E-state index in [1.54, 1.807) is 0 Å². The van der Waals surface area contributed by atoms with Gasteiger partial charge in [0.2, 0.25) is 0 Å². The van der Waals surface area contributed by atoms with Gasteiger partial charge in [-0.15, -0.1) is 0 Å². The standard InChI is InChI=1S/C14H21BrN2O/c1-10-9-17(7-6-14(10)18)13(8-16)11-2-4-12(15)5-3-11/h2-5,10,13-14,18H,6-9,16H2,1H3. The van der Waals surface area contributed by atoms with Crippen LogP contribution in [0.3, 0.4) is 0 Å². The molecule has 0 bridgehead atoms. The zero-order valence-corrected chi connectivity index (χ0v) is 12.3. The van der Waals surface area contributed by atoms with Crippen molar-refractivity contribution in [3.63, 3.8) is 0 Å². The predicted octanol–water partition coefficient (Wildman–Crippen LogP) is 2.15. The number of nitrogens with zero attached hydrogens (tertiary/aromatic N) is 1. The van der Waals surface area contributed by atoms with Crippen molar-refractivity contribution in [1.82, 2.24) is 4.90 Å². The Balaban J connectivity index is 2.11. The molecule has 3 nitrogen and oxygen atoms in total. The maximum atomic E-state index is 9.79. The van der Waals surface area contributed by atoms with Crippen molar-refractivity contribution in [2.24, 2.45) is 11.7 Å². The molecule has 0 amide bonds. The topological polar surface area (TPSA) is 49.5 Å². The fourth-order valence-corrected chi connectivity index (χ4v) is 2.89. The van der Waals surface area contributed by atoms with E-state index >= 15 is 0 Å². The molecule has 3 unspecified atom stereocenters. The van der Waals surface area contributed by atoms with E-state index in [0.29, 0.717) is 12.5 Å². The SMILES string of the molecule is CC1CN(C(CN)c2ccc(Br)cc2)CCC1O. The number of hydrogen-bond acceptors (Lipinski definition) is 3. The van der Waals surface area contributed by atoms with Gasteiger partial charge in [-0.25, -0.2) is 0 Å². The highest BCUT2D eigenvalue weighted by Gasteiger charge is 2.28. The summed E-state index contributed by atoms with van der Waals surface area (Å²) in [6, 6.07) is 8.61. The third-order valence-electron chi connectivity index (χ3n) is 3.81. The molecule has 4 heteroatoms. The lowest BCUT2D eigenvalue weighted by Gasteiger charge is -2.39. The number of likely N-dealkylation sites (tertiary alicyclic amines) is 1. The fraction of sp³-hybridized carbons (Fsp3) is 0.571. The van der Waals surface area contributed by atoms with Crippen molar-refractivity contribution in [2.45, 2.75) is 25.5 Å². The van der Waals surface area contributed by atoms with Crippen molar-refractivity contribution in [3.05, 3.63) is 34.3 Å². The van der Waals surface area contributed by atoms with Crippen LogP contribution in [0.5, 0.6) is 0 Å². The zero-order valence-electron chi connectivity index (χ0n) is 10.7. The average molecular weight is 313 g/mol. The van der Waals surface area contributed by atoms with Crippen LogP contribution in [0.2, 0.25) is 0 Å². The summed E-state index contributed by atoms with van der Waals surface area (Å²) in [7, 11) is 0. The van der Waals surface area contributed by atoms with Crippen molar-refractivity contribution in [3.8, 4) is 0 Å². The second kappa shape index (κ2) is 6.15. The first kappa shape index (κ1) is 14.0. The molecule has 3 N–H and O–H groups in total. The van der Waals surface area contributed by atoms with Gasteiger partial charge in [0.25, 0.3) is 0 Å². The van der Waals surface area contributed by atoms with E-state index < -0.39 is 0 Å². The van der Waals surface area contributed by atoms with Crippen LogP contribution in [0.15, 0.2) is 28.7 Å². The third kappa shape index (κ3) is 3.12. The number of hydrogen-bond donors (Lipinski definition) is 2. The molecule has 100 valence electrons. The first-order valence-electron chi connectivity index (χ1n) is 6.49. The van der Waals surface area contributed by atoms with Gasteiger partial charge in [-0.3, -0.25) is 4.90 Å². The van der Waals surface area contributed by atoms with Gasteiger partial charge in [0.1, 0.15) is 0 Å². The summed E-state index contributed by atoms with van der Waals surface area (Å²) in [4.78, 5) is 2.39. The second-order valence-electron chi connectivity index (χ2n) is 5.13. The largest absolute Gasteiger partial charge is 0.393 e. The molecule has 1 aliphatic rings. The molecule has 3 atom stereocenters. The van der Waals surface area contributed by atoms with Crippen molar-refractivity contribution in [2.75, 3.05) is 19.6 Å². The maximum absolute atomic E-state index is 9.79. The van der Waals surface area contributed by atoms with E-state index in [9.17, 15) is 5.11 Å². The highest BCUT2D eigenvalue weighted by Crippen LogP contribution is 2.27. The summed E-state index contributed by atoms with van der Waals surface area (Å²) in [5.74, 6) is 0.322. The first-order chi connectivity index (χ1) is 8.61. The van der Waals surface area contributed by atoms with E-state index in [-0.39, 0.29) is 12.1 Å². The Morgan fingerprint density at radius 1 is 1.44 bits per heavy atom. The smallest absolute Gasteiger partial charge is 0.0590 e. The van der Waals surface area contributed by atoms with Gasteiger partial charge in [-0.2, -0.15) is 0 Å². The number of piperidine rings is 1. The van der Waals surface area contributed by atoms with Crippen LogP contribution in [-0.2, 0) is 0 Å². The van der Waals surface area contributed by atoms with Crippen LogP contribution in [0.1, 0.15) is 24.9 Å². The Hall–Kier alpha value is -0.420. The summed E-state index contributed by atoms with van der Waals surface area (Å²) < 4.78 is 1.09. The van der Waals surface area contributed by atoms with Crippen LogP contribution in [0.25, 0.3) is 0 Å². The summed E-state index contributed by atoms with van der Waals surface area (Å²) in [5, 5.41) is 9.79. The second-order valence-corrected chi connectivity index (χ2v) is 6.05. The van der Waals surface area contributed by atoms with E-state index in [0.717, 1.165) is 24.0 Å². The molecule has 18 heavy (non-hydrogen) atoms. The normalized spacial score (nSPS) is 27.1. The number of rotatable bonds is 3. The molecule has 0 radical (unpaired) electrons. The number of aliphatic hydroxyl groups is 1. The molecule has 1 heterocycles. The molecule has 0 aromatic heterocycles. The zero-order chi connectivity index (χ0) is 13.1. The number of aliphatic hydroxyl groups excluding tert-OH is 1. The van der Waals surface area contributed by atoms with Gasteiger partial charge in [-0.05, 0) is 30.0 Å². The molecule has 1 aromatic carbocycles. The van der Waals surface area contributed by atoms with Gasteiger partial charge in [-0.1, -0.05) is 35.0 Å². The van der Waals surface area contributed by atoms with E-state index in [1.165, 1.54) is 5.56 Å². The maximum Gasteiger partial charge on any atom is 0.0590 e. The van der Waals surface area contributed by atoms with E-state index in [1.807, 2.05) is 0 Å². The van der Waals surface area contributed by atoms with Gasteiger partial charge in [0.15, 0.2) is 0 Å². The summed E-state index contributed by atoms with van der Waals surface area (Å²) in [6.45, 7) is 4.55. The van der Waals surface area contributed by atoms with Crippen LogP contribution >= 0.6 is 15.9 Å². The Kier molecular flexibility index (Phi) is 4.78. The van der Waals surface area contributed by atoms with E-state index in [2.05, 4.69) is 52.0 Å². The fourth-order valence-electron chi connectivity index (χ4n) is 2.63. The van der Waals surface area contributed by atoms with Crippen molar-refractivity contribution in [1.29, 1.82) is 0 Å². The molecule has 0 saturated carbocycles. The van der Waals surface area contributed by atoms with Gasteiger partial charge < -0.3 is 10.8 Å². The molecule has 2 rings (SSSR count). The summed E-state index contributed by atoms with van der Waals surface area (Å²) in [6.07, 6.45) is 0.679. The Labute approximate surface area is 117 Å². The lowest BCUT2D eigenvalue weighted by Crippen LogP contribution is -2.45. The van der Waals surface area contributed by atoms with Crippen LogP contribution in [0.4, 0.5) is 0 Å². The number of nitrogens with two attached hydrogens (primary N) is 1. The van der Waals surface area contributed by atoms with Gasteiger partial charge >= 0.3 is 0 Å². The van der Waals surface area contributed by atoms with Gasteiger partial charge in [0.05, 0.1) is 6.10 Å². The molecule has 1 aliphatic heterocycles. The molecular formula is C14H21BrN2O. The summed E-state index contributed by atoms with van der Waals surface area (Å²) in [5.41, 5.74) is 7.19. The lowest BCUT2D eigenvalue weighted by molar-refractivity contribution is 0.0181. The monoisotopic (exact) mass is 312 g/mol. The quantitative estimate of drug-likeness (QED) is 0.899. The van der Waals surface area contributed by atoms with Crippen LogP contribution < -0.4 is 5.73 Å². The molecule has 1 fully saturated rings. The van der Waals surface area contributed by atoms with Gasteiger partial charge in [0, 0.05) is 30.1 Å². The number of benzene rings is 1. The third-order valence-corrected chi connectivity index (χ3v) is 4.34. The molecule has 1 saturated heterocycles. The first-order valence-corrected chi connectivity index (χ1v) is 7.28. The van der Waals surface area contributed by atoms with E-state index in [4.69, 9.17) is 5.73 Å². The van der Waals surface area contributed by atoms with Crippen molar-refractivity contribution >= 4 is 15.9 Å². The average Bonchev–Trinajstić information content (AvgIpc) is 2.37. The number of halogens is 1. The van der Waals surface area contributed by atoms with Crippen LogP contribution in [0, 0.1) is 5.92 Å². The molecule has 0 aliphatic carbocycles. The minimum absolute atomic E-state index is 0.162. The Bertz CT molecular complexity index is 382. The Morgan fingerprint density at radius 2 is 2.11 bits per heavy atom. The lowest BCUT2D eigenvalue weighted by atomic mass is 9.94. The minimum atomic E-state index is -0.162. The minimum Gasteiger partial charge on any atom is -0.393 e. The highest BCUT2D eigenvalue weighted by molar-refractivity contribution is 9.10. The molecular weight excluding hydrogens is 292 g/mol. The predicted molar refractivity (Wildman–Crippen MR) is 77.3 cm³/mol. The summed E-state index contributed by atoms with van der Waals surface area (Å²) >= 11 is 3.45. The highest BCUT2D eigenvalue weighted by atomic mass is 79.9.